The molecule has 2 aromatic rings. The van der Waals surface area contributed by atoms with Gasteiger partial charge in [0.05, 0.1) is 21.8 Å². The molecule has 1 aliphatic carbocycles. The third kappa shape index (κ3) is 2.56. The van der Waals surface area contributed by atoms with E-state index in [0.29, 0.717) is 10.6 Å². The zero-order valence-electron chi connectivity index (χ0n) is 11.5. The average molecular weight is 326 g/mol. The fraction of sp³-hybridized carbons (Fsp3) is 0.267. The van der Waals surface area contributed by atoms with E-state index in [4.69, 9.17) is 5.73 Å². The summed E-state index contributed by atoms with van der Waals surface area (Å²) < 4.78 is 38.9. The van der Waals surface area contributed by atoms with Crippen molar-refractivity contribution in [3.8, 4) is 0 Å². The Morgan fingerprint density at radius 2 is 1.95 bits per heavy atom. The van der Waals surface area contributed by atoms with E-state index in [0.717, 1.165) is 35.8 Å². The van der Waals surface area contributed by atoms with Crippen molar-refractivity contribution in [3.05, 3.63) is 45.8 Å². The first-order valence-corrected chi connectivity index (χ1v) is 7.57. The molecule has 0 fully saturated rings. The van der Waals surface area contributed by atoms with Gasteiger partial charge in [-0.05, 0) is 37.0 Å². The molecule has 0 radical (unpaired) electrons. The van der Waals surface area contributed by atoms with Gasteiger partial charge in [-0.1, -0.05) is 12.1 Å². The number of alkyl halides is 3. The smallest absolute Gasteiger partial charge is 0.390 e. The van der Waals surface area contributed by atoms with E-state index < -0.39 is 17.6 Å². The number of halogens is 3. The number of nitrogens with one attached hydrogen (secondary N) is 1. The Morgan fingerprint density at radius 1 is 1.23 bits per heavy atom. The molecule has 0 unspecified atom stereocenters. The number of nitrogens with two attached hydrogens (primary N) is 1. The zero-order chi connectivity index (χ0) is 15.9. The number of fused-ring (bicyclic) bond motifs is 1. The minimum Gasteiger partial charge on any atom is -0.390 e. The molecule has 1 heterocycles. The van der Waals surface area contributed by atoms with Gasteiger partial charge in [-0.3, -0.25) is 4.79 Å². The first kappa shape index (κ1) is 14.9. The first-order valence-electron chi connectivity index (χ1n) is 6.75. The number of carbonyl (C=O) groups excluding carboxylic acids is 1. The van der Waals surface area contributed by atoms with Crippen LogP contribution in [0.4, 0.5) is 23.9 Å². The fourth-order valence-corrected chi connectivity index (χ4v) is 3.86. The van der Waals surface area contributed by atoms with Crippen LogP contribution in [0.5, 0.6) is 0 Å². The second-order valence-corrected chi connectivity index (χ2v) is 6.23. The third-order valence-electron chi connectivity index (χ3n) is 3.66. The Hall–Kier alpha value is -2.02. The Labute approximate surface area is 128 Å². The molecule has 116 valence electrons. The Morgan fingerprint density at radius 3 is 2.68 bits per heavy atom. The van der Waals surface area contributed by atoms with Crippen LogP contribution in [0, 0.1) is 0 Å². The maximum absolute atomic E-state index is 13.0. The van der Waals surface area contributed by atoms with Gasteiger partial charge in [0.1, 0.15) is 0 Å². The number of thiophene rings is 1. The van der Waals surface area contributed by atoms with Crippen LogP contribution in [0.25, 0.3) is 0 Å². The van der Waals surface area contributed by atoms with E-state index in [-0.39, 0.29) is 5.69 Å². The van der Waals surface area contributed by atoms with Crippen LogP contribution in [0.2, 0.25) is 0 Å². The zero-order valence-corrected chi connectivity index (χ0v) is 12.3. The van der Waals surface area contributed by atoms with Crippen LogP contribution in [-0.4, -0.2) is 5.91 Å². The summed E-state index contributed by atoms with van der Waals surface area (Å²) in [5, 5.41) is 2.73. The molecular weight excluding hydrogens is 313 g/mol. The average Bonchev–Trinajstić information content (AvgIpc) is 2.97. The van der Waals surface area contributed by atoms with E-state index in [9.17, 15) is 18.0 Å². The number of rotatable bonds is 2. The van der Waals surface area contributed by atoms with Crippen LogP contribution in [0.3, 0.4) is 0 Å². The summed E-state index contributed by atoms with van der Waals surface area (Å²) in [6, 6.07) is 4.92. The summed E-state index contributed by atoms with van der Waals surface area (Å²) in [4.78, 5) is 13.4. The van der Waals surface area contributed by atoms with E-state index in [2.05, 4.69) is 5.32 Å². The van der Waals surface area contributed by atoms with Crippen LogP contribution in [0.15, 0.2) is 24.3 Å². The molecule has 1 aromatic heterocycles. The number of aryl methyl sites for hydroxylation is 1. The summed E-state index contributed by atoms with van der Waals surface area (Å²) in [5.74, 6) is -0.575. The molecule has 7 heteroatoms. The van der Waals surface area contributed by atoms with Gasteiger partial charge >= 0.3 is 6.18 Å². The lowest BCUT2D eigenvalue weighted by molar-refractivity contribution is -0.136. The van der Waals surface area contributed by atoms with Crippen LogP contribution < -0.4 is 11.1 Å². The Kier molecular flexibility index (Phi) is 3.60. The maximum atomic E-state index is 13.0. The minimum absolute atomic E-state index is 0.252. The molecule has 0 saturated carbocycles. The molecule has 0 atom stereocenters. The summed E-state index contributed by atoms with van der Waals surface area (Å²) in [7, 11) is 0. The molecule has 0 aliphatic heterocycles. The summed E-state index contributed by atoms with van der Waals surface area (Å²) in [6.45, 7) is 0. The fourth-order valence-electron chi connectivity index (χ4n) is 2.70. The van der Waals surface area contributed by atoms with Gasteiger partial charge < -0.3 is 11.1 Å². The molecular formula is C15H13F3N2OS. The van der Waals surface area contributed by atoms with Crippen molar-refractivity contribution in [2.75, 3.05) is 11.1 Å². The van der Waals surface area contributed by atoms with Crippen LogP contribution >= 0.6 is 11.3 Å². The monoisotopic (exact) mass is 326 g/mol. The molecule has 3 rings (SSSR count). The van der Waals surface area contributed by atoms with Crippen molar-refractivity contribution in [2.45, 2.75) is 25.4 Å². The number of amides is 1. The lowest BCUT2D eigenvalue weighted by Gasteiger charge is -2.13. The standard InChI is InChI=1S/C15H13F3N2OS/c16-15(17,18)9-5-1-2-6-10(9)20-14(21)12-8-4-3-7-11(8)22-13(12)19/h1-2,5-6H,3-4,7,19H2,(H,20,21). The maximum Gasteiger partial charge on any atom is 0.418 e. The molecule has 1 aromatic carbocycles. The Balaban J connectivity index is 1.94. The lowest BCUT2D eigenvalue weighted by atomic mass is 10.1. The highest BCUT2D eigenvalue weighted by Crippen LogP contribution is 2.39. The van der Waals surface area contributed by atoms with Crippen LogP contribution in [-0.2, 0) is 19.0 Å². The highest BCUT2D eigenvalue weighted by molar-refractivity contribution is 7.16. The van der Waals surface area contributed by atoms with Gasteiger partial charge in [0, 0.05) is 4.88 Å². The number of nitrogen functional groups attached to an aromatic ring is 1. The number of hydrogen-bond acceptors (Lipinski definition) is 3. The quantitative estimate of drug-likeness (QED) is 0.873. The highest BCUT2D eigenvalue weighted by Gasteiger charge is 2.34. The predicted octanol–water partition coefficient (Wildman–Crippen LogP) is 4.09. The number of benzene rings is 1. The number of carbonyl (C=O) groups is 1. The van der Waals surface area contributed by atoms with E-state index in [1.165, 1.54) is 29.5 Å². The van der Waals surface area contributed by atoms with Crippen molar-refractivity contribution in [1.29, 1.82) is 0 Å². The van der Waals surface area contributed by atoms with Gasteiger partial charge in [-0.25, -0.2) is 0 Å². The molecule has 3 nitrogen and oxygen atoms in total. The minimum atomic E-state index is -4.52. The number of para-hydroxylation sites is 1. The topological polar surface area (TPSA) is 55.1 Å². The second kappa shape index (κ2) is 5.31. The van der Waals surface area contributed by atoms with E-state index in [1.54, 1.807) is 0 Å². The molecule has 3 N–H and O–H groups in total. The van der Waals surface area contributed by atoms with Crippen molar-refractivity contribution >= 4 is 27.9 Å². The molecule has 1 aliphatic rings. The van der Waals surface area contributed by atoms with Gasteiger partial charge in [0.25, 0.3) is 5.91 Å². The van der Waals surface area contributed by atoms with Crippen molar-refractivity contribution < 1.29 is 18.0 Å². The predicted molar refractivity (Wildman–Crippen MR) is 80.2 cm³/mol. The highest BCUT2D eigenvalue weighted by atomic mass is 32.1. The molecule has 22 heavy (non-hydrogen) atoms. The van der Waals surface area contributed by atoms with Crippen molar-refractivity contribution in [1.82, 2.24) is 0 Å². The number of anilines is 2. The summed E-state index contributed by atoms with van der Waals surface area (Å²) >= 11 is 1.35. The Bertz CT molecular complexity index is 737. The SMILES string of the molecule is Nc1sc2c(c1C(=O)Nc1ccccc1C(F)(F)F)CCC2. The normalized spacial score (nSPS) is 14.0. The van der Waals surface area contributed by atoms with Gasteiger partial charge in [0.2, 0.25) is 0 Å². The van der Waals surface area contributed by atoms with E-state index >= 15 is 0 Å². The summed E-state index contributed by atoms with van der Waals surface area (Å²) in [6.07, 6.45) is -1.96. The largest absolute Gasteiger partial charge is 0.418 e. The second-order valence-electron chi connectivity index (χ2n) is 5.09. The number of hydrogen-bond donors (Lipinski definition) is 2. The molecule has 0 bridgehead atoms. The summed E-state index contributed by atoms with van der Waals surface area (Å²) in [5.41, 5.74) is 5.95. The molecule has 0 saturated heterocycles. The van der Waals surface area contributed by atoms with Gasteiger partial charge in [-0.15, -0.1) is 11.3 Å². The molecule has 0 spiro atoms. The lowest BCUT2D eigenvalue weighted by Crippen LogP contribution is -2.18. The molecule has 1 amide bonds. The van der Waals surface area contributed by atoms with Crippen molar-refractivity contribution in [3.63, 3.8) is 0 Å². The first-order chi connectivity index (χ1) is 10.4. The van der Waals surface area contributed by atoms with Crippen molar-refractivity contribution in [2.24, 2.45) is 0 Å². The third-order valence-corrected chi connectivity index (χ3v) is 4.78. The van der Waals surface area contributed by atoms with E-state index in [1.807, 2.05) is 0 Å². The van der Waals surface area contributed by atoms with Gasteiger partial charge in [0.15, 0.2) is 0 Å². The van der Waals surface area contributed by atoms with Crippen LogP contribution in [0.1, 0.15) is 32.8 Å². The van der Waals surface area contributed by atoms with Gasteiger partial charge in [-0.2, -0.15) is 13.2 Å².